The van der Waals surface area contributed by atoms with E-state index < -0.39 is 24.9 Å². The Bertz CT molecular complexity index is 324. The molecule has 0 atom stereocenters. The molecule has 0 fully saturated rings. The van der Waals surface area contributed by atoms with Crippen LogP contribution in [0.15, 0.2) is 24.5 Å². The molecule has 0 saturated heterocycles. The molecule has 1 aromatic heterocycles. The van der Waals surface area contributed by atoms with E-state index in [0.29, 0.717) is 5.69 Å². The summed E-state index contributed by atoms with van der Waals surface area (Å²) < 4.78 is 35.3. The molecule has 0 bridgehead atoms. The van der Waals surface area contributed by atoms with Crippen molar-refractivity contribution < 1.29 is 18.0 Å². The van der Waals surface area contributed by atoms with Crippen LogP contribution in [0.25, 0.3) is 0 Å². The molecular formula is C9H9F3N2O. The van der Waals surface area contributed by atoms with Crippen LogP contribution in [0.2, 0.25) is 0 Å². The highest BCUT2D eigenvalue weighted by molar-refractivity contribution is 5.90. The Balaban J connectivity index is 2.38. The lowest BCUT2D eigenvalue weighted by molar-refractivity contribution is -0.142. The first-order chi connectivity index (χ1) is 6.97. The summed E-state index contributed by atoms with van der Waals surface area (Å²) in [7, 11) is 0. The smallest absolute Gasteiger partial charge is 0.325 e. The Hall–Kier alpha value is -1.59. The molecule has 82 valence electrons. The van der Waals surface area contributed by atoms with Crippen LogP contribution in [0.5, 0.6) is 0 Å². The molecule has 0 aromatic carbocycles. The summed E-state index contributed by atoms with van der Waals surface area (Å²) in [6.07, 6.45) is -3.11. The van der Waals surface area contributed by atoms with Crippen molar-refractivity contribution in [2.24, 2.45) is 0 Å². The van der Waals surface area contributed by atoms with E-state index in [-0.39, 0.29) is 0 Å². The number of amides is 1. The minimum atomic E-state index is -4.30. The van der Waals surface area contributed by atoms with Crippen molar-refractivity contribution in [1.82, 2.24) is 4.98 Å². The number of halogens is 3. The van der Waals surface area contributed by atoms with Crippen molar-refractivity contribution in [1.29, 1.82) is 0 Å². The Morgan fingerprint density at radius 2 is 2.20 bits per heavy atom. The van der Waals surface area contributed by atoms with Crippen LogP contribution in [0.1, 0.15) is 12.8 Å². The first kappa shape index (κ1) is 11.5. The average Bonchev–Trinajstić information content (AvgIpc) is 2.15. The van der Waals surface area contributed by atoms with E-state index in [1.54, 1.807) is 12.1 Å². The first-order valence-corrected chi connectivity index (χ1v) is 4.24. The zero-order chi connectivity index (χ0) is 11.3. The fourth-order valence-electron chi connectivity index (χ4n) is 0.915. The Kier molecular flexibility index (Phi) is 3.65. The summed E-state index contributed by atoms with van der Waals surface area (Å²) in [5.74, 6) is -0.666. The van der Waals surface area contributed by atoms with Crippen LogP contribution in [-0.2, 0) is 4.79 Å². The van der Waals surface area contributed by atoms with Crippen LogP contribution < -0.4 is 5.32 Å². The largest absolute Gasteiger partial charge is 0.389 e. The third kappa shape index (κ3) is 4.99. The molecule has 1 N–H and O–H groups in total. The van der Waals surface area contributed by atoms with Crippen molar-refractivity contribution >= 4 is 11.6 Å². The summed E-state index contributed by atoms with van der Waals surface area (Å²) in [6.45, 7) is 0. The standard InChI is InChI=1S/C9H9F3N2O/c10-9(11,12)4-3-8(15)14-7-2-1-5-13-6-7/h1-2,5-6H,3-4H2,(H,14,15). The number of hydrogen-bond donors (Lipinski definition) is 1. The Morgan fingerprint density at radius 1 is 1.47 bits per heavy atom. The predicted molar refractivity (Wildman–Crippen MR) is 48.2 cm³/mol. The van der Waals surface area contributed by atoms with Crippen LogP contribution in [-0.4, -0.2) is 17.1 Å². The van der Waals surface area contributed by atoms with Crippen LogP contribution in [0, 0.1) is 0 Å². The van der Waals surface area contributed by atoms with Crippen molar-refractivity contribution in [2.45, 2.75) is 19.0 Å². The van der Waals surface area contributed by atoms with Gasteiger partial charge in [0.05, 0.1) is 18.3 Å². The van der Waals surface area contributed by atoms with Crippen LogP contribution in [0.3, 0.4) is 0 Å². The van der Waals surface area contributed by atoms with Gasteiger partial charge in [0.25, 0.3) is 0 Å². The van der Waals surface area contributed by atoms with E-state index in [4.69, 9.17) is 0 Å². The highest BCUT2D eigenvalue weighted by Crippen LogP contribution is 2.21. The number of nitrogens with zero attached hydrogens (tertiary/aromatic N) is 1. The van der Waals surface area contributed by atoms with Gasteiger partial charge in [-0.15, -0.1) is 0 Å². The Morgan fingerprint density at radius 3 is 2.73 bits per heavy atom. The lowest BCUT2D eigenvalue weighted by Crippen LogP contribution is -2.16. The summed E-state index contributed by atoms with van der Waals surface area (Å²) >= 11 is 0. The van der Waals surface area contributed by atoms with Gasteiger partial charge in [0, 0.05) is 12.6 Å². The second-order valence-electron chi connectivity index (χ2n) is 2.91. The quantitative estimate of drug-likeness (QED) is 0.846. The van der Waals surface area contributed by atoms with Crippen LogP contribution >= 0.6 is 0 Å². The van der Waals surface area contributed by atoms with Gasteiger partial charge in [-0.05, 0) is 12.1 Å². The molecule has 6 heteroatoms. The van der Waals surface area contributed by atoms with E-state index in [2.05, 4.69) is 10.3 Å². The number of hydrogen-bond acceptors (Lipinski definition) is 2. The molecule has 1 aromatic rings. The molecule has 0 radical (unpaired) electrons. The highest BCUT2D eigenvalue weighted by Gasteiger charge is 2.27. The number of nitrogens with one attached hydrogen (secondary N) is 1. The number of aromatic nitrogens is 1. The third-order valence-corrected chi connectivity index (χ3v) is 1.58. The predicted octanol–water partition coefficient (Wildman–Crippen LogP) is 2.36. The average molecular weight is 218 g/mol. The SMILES string of the molecule is O=C(CCC(F)(F)F)Nc1cccnc1. The van der Waals surface area contributed by atoms with Crippen molar-refractivity contribution in [3.05, 3.63) is 24.5 Å². The number of alkyl halides is 3. The minimum Gasteiger partial charge on any atom is -0.325 e. The second kappa shape index (κ2) is 4.77. The number of pyridine rings is 1. The van der Waals surface area contributed by atoms with E-state index in [0.717, 1.165) is 0 Å². The summed E-state index contributed by atoms with van der Waals surface area (Å²) in [4.78, 5) is 14.7. The zero-order valence-corrected chi connectivity index (χ0v) is 7.71. The molecule has 0 saturated carbocycles. The van der Waals surface area contributed by atoms with Crippen molar-refractivity contribution in [2.75, 3.05) is 5.32 Å². The van der Waals surface area contributed by atoms with Gasteiger partial charge in [0.2, 0.25) is 5.91 Å². The summed E-state index contributed by atoms with van der Waals surface area (Å²) in [5.41, 5.74) is 0.393. The topological polar surface area (TPSA) is 42.0 Å². The number of carbonyl (C=O) groups excluding carboxylic acids is 1. The maximum absolute atomic E-state index is 11.8. The summed E-state index contributed by atoms with van der Waals surface area (Å²) in [6, 6.07) is 3.14. The van der Waals surface area contributed by atoms with E-state index in [9.17, 15) is 18.0 Å². The van der Waals surface area contributed by atoms with Crippen molar-refractivity contribution in [3.63, 3.8) is 0 Å². The van der Waals surface area contributed by atoms with Crippen molar-refractivity contribution in [3.8, 4) is 0 Å². The molecule has 0 spiro atoms. The van der Waals surface area contributed by atoms with E-state index >= 15 is 0 Å². The van der Waals surface area contributed by atoms with Gasteiger partial charge < -0.3 is 5.32 Å². The first-order valence-electron chi connectivity index (χ1n) is 4.24. The van der Waals surface area contributed by atoms with Gasteiger partial charge in [0.15, 0.2) is 0 Å². The molecule has 1 heterocycles. The molecule has 3 nitrogen and oxygen atoms in total. The van der Waals surface area contributed by atoms with Gasteiger partial charge >= 0.3 is 6.18 Å². The summed E-state index contributed by atoms with van der Waals surface area (Å²) in [5, 5.41) is 2.31. The van der Waals surface area contributed by atoms with E-state index in [1.165, 1.54) is 12.4 Å². The zero-order valence-electron chi connectivity index (χ0n) is 7.71. The molecular weight excluding hydrogens is 209 g/mol. The lowest BCUT2D eigenvalue weighted by Gasteiger charge is -2.06. The normalized spacial score (nSPS) is 11.1. The maximum atomic E-state index is 11.8. The monoisotopic (exact) mass is 218 g/mol. The second-order valence-corrected chi connectivity index (χ2v) is 2.91. The van der Waals surface area contributed by atoms with Gasteiger partial charge in [-0.3, -0.25) is 9.78 Å². The molecule has 0 aliphatic carbocycles. The van der Waals surface area contributed by atoms with Gasteiger partial charge in [0.1, 0.15) is 0 Å². The van der Waals surface area contributed by atoms with Gasteiger partial charge in [-0.25, -0.2) is 0 Å². The lowest BCUT2D eigenvalue weighted by atomic mass is 10.3. The molecule has 0 aliphatic heterocycles. The minimum absolute atomic E-state index is 0.393. The molecule has 1 amide bonds. The fraction of sp³-hybridized carbons (Fsp3) is 0.333. The third-order valence-electron chi connectivity index (χ3n) is 1.58. The molecule has 15 heavy (non-hydrogen) atoms. The van der Waals surface area contributed by atoms with E-state index in [1.807, 2.05) is 0 Å². The Labute approximate surface area is 84.3 Å². The fourth-order valence-corrected chi connectivity index (χ4v) is 0.915. The maximum Gasteiger partial charge on any atom is 0.389 e. The van der Waals surface area contributed by atoms with Gasteiger partial charge in [-0.2, -0.15) is 13.2 Å². The number of carbonyl (C=O) groups is 1. The van der Waals surface area contributed by atoms with Crippen LogP contribution in [0.4, 0.5) is 18.9 Å². The number of anilines is 1. The number of rotatable bonds is 3. The van der Waals surface area contributed by atoms with Gasteiger partial charge in [-0.1, -0.05) is 0 Å². The highest BCUT2D eigenvalue weighted by atomic mass is 19.4. The molecule has 1 rings (SSSR count). The molecule has 0 aliphatic rings. The molecule has 0 unspecified atom stereocenters.